The third-order valence-electron chi connectivity index (χ3n) is 3.53. The Balaban J connectivity index is 1.79. The zero-order valence-corrected chi connectivity index (χ0v) is 15.6. The van der Waals surface area contributed by atoms with Gasteiger partial charge in [0.15, 0.2) is 5.13 Å². The second-order valence-electron chi connectivity index (χ2n) is 5.67. The molecule has 3 rings (SSSR count). The first kappa shape index (κ1) is 12.0. The minimum Gasteiger partial charge on any atom is -0.387 e. The summed E-state index contributed by atoms with van der Waals surface area (Å²) in [6.07, 6.45) is -4.83. The molecule has 1 amide bonds. The van der Waals surface area contributed by atoms with Crippen molar-refractivity contribution in [1.29, 1.82) is 0 Å². The number of rotatable bonds is 9. The maximum absolute atomic E-state index is 12.4. The van der Waals surface area contributed by atoms with Gasteiger partial charge in [-0.3, -0.25) is 4.79 Å². The first-order valence-corrected chi connectivity index (χ1v) is 9.17. The van der Waals surface area contributed by atoms with Crippen LogP contribution in [-0.4, -0.2) is 29.1 Å². The van der Waals surface area contributed by atoms with Crippen molar-refractivity contribution in [2.24, 2.45) is 0 Å². The smallest absolute Gasteiger partial charge is 0.230 e. The topological polar surface area (TPSA) is 100 Å². The molecule has 0 aliphatic carbocycles. The number of aromatic nitrogens is 1. The third kappa shape index (κ3) is 6.16. The van der Waals surface area contributed by atoms with E-state index in [-0.39, 0.29) is 29.1 Å². The summed E-state index contributed by atoms with van der Waals surface area (Å²) < 4.78 is 65.6. The maximum Gasteiger partial charge on any atom is 0.230 e. The molecule has 6 nitrogen and oxygen atoms in total. The van der Waals surface area contributed by atoms with Crippen molar-refractivity contribution in [2.75, 3.05) is 24.1 Å². The van der Waals surface area contributed by atoms with Crippen LogP contribution in [0.2, 0.25) is 0 Å². The number of carbonyl (C=O) groups is 1. The van der Waals surface area contributed by atoms with Crippen LogP contribution in [0.15, 0.2) is 59.9 Å². The SMILES string of the molecule is [2H]c1sc(N)nc1CC(=O)Nc1c([2H])c([2H])c(C([2H])([2H])CNC[C@]([2H])(O)c2ccccc2)c([2H])c1[2H]. The summed E-state index contributed by atoms with van der Waals surface area (Å²) in [7, 11) is 0. The molecule has 0 saturated heterocycles. The molecule has 5 N–H and O–H groups in total. The quantitative estimate of drug-likeness (QED) is 0.439. The summed E-state index contributed by atoms with van der Waals surface area (Å²) in [6, 6.07) is 5.47. The molecule has 1 heterocycles. The molecule has 0 fully saturated rings. The number of aliphatic hydroxyl groups is 1. The summed E-state index contributed by atoms with van der Waals surface area (Å²) in [5.41, 5.74) is 4.96. The van der Waals surface area contributed by atoms with Gasteiger partial charge in [0.1, 0.15) is 0 Å². The summed E-state index contributed by atoms with van der Waals surface area (Å²) >= 11 is 0.884. The van der Waals surface area contributed by atoms with Crippen LogP contribution in [0.5, 0.6) is 0 Å². The van der Waals surface area contributed by atoms with Gasteiger partial charge in [-0.2, -0.15) is 0 Å². The highest BCUT2D eigenvalue weighted by Gasteiger charge is 2.08. The molecular formula is C21H24N4O2S. The Morgan fingerprint density at radius 3 is 2.75 bits per heavy atom. The summed E-state index contributed by atoms with van der Waals surface area (Å²) in [4.78, 5) is 16.3. The number of carbonyl (C=O) groups excluding carboxylic acids is 1. The standard InChI is InChI=1S/C21H24N4O2S/c22-21-25-18(14-28-21)12-20(27)24-17-8-6-15(7-9-17)10-11-23-13-19(26)16-4-2-1-3-5-16/h1-9,14,19,23,26H,10-13H2,(H2,22,25)(H,24,27)/t19-/m0/s1/i6D,7D,8D,9D,10D2,14D,19D. The first-order chi connectivity index (χ1) is 16.7. The lowest BCUT2D eigenvalue weighted by molar-refractivity contribution is -0.115. The molecule has 0 bridgehead atoms. The number of thiazole rings is 1. The lowest BCUT2D eigenvalue weighted by Gasteiger charge is -2.12. The van der Waals surface area contributed by atoms with Crippen LogP contribution in [-0.2, 0) is 17.6 Å². The number of nitrogen functional groups attached to an aromatic ring is 1. The van der Waals surface area contributed by atoms with Crippen molar-refractivity contribution in [2.45, 2.75) is 18.9 Å². The lowest BCUT2D eigenvalue weighted by Crippen LogP contribution is -2.23. The van der Waals surface area contributed by atoms with Gasteiger partial charge in [0.2, 0.25) is 5.91 Å². The maximum atomic E-state index is 12.4. The fraction of sp³-hybridized carbons (Fsp3) is 0.238. The van der Waals surface area contributed by atoms with E-state index in [0.29, 0.717) is 5.56 Å². The Hall–Kier alpha value is -2.74. The van der Waals surface area contributed by atoms with Crippen molar-refractivity contribution in [3.05, 3.63) is 76.7 Å². The van der Waals surface area contributed by atoms with E-state index < -0.39 is 60.3 Å². The Kier molecular flexibility index (Phi) is 4.26. The second-order valence-corrected chi connectivity index (χ2v) is 6.50. The van der Waals surface area contributed by atoms with Gasteiger partial charge in [0.25, 0.3) is 0 Å². The number of amides is 1. The molecular weight excluding hydrogens is 372 g/mol. The highest BCUT2D eigenvalue weighted by Crippen LogP contribution is 2.14. The van der Waals surface area contributed by atoms with E-state index in [4.69, 9.17) is 16.7 Å². The van der Waals surface area contributed by atoms with Gasteiger partial charge < -0.3 is 21.5 Å². The Labute approximate surface area is 179 Å². The average Bonchev–Trinajstić information content (AvgIpc) is 3.11. The van der Waals surface area contributed by atoms with E-state index in [1.165, 1.54) is 0 Å². The predicted molar refractivity (Wildman–Crippen MR) is 113 cm³/mol. The summed E-state index contributed by atoms with van der Waals surface area (Å²) in [5.74, 6) is -0.734. The molecule has 0 unspecified atom stereocenters. The molecule has 28 heavy (non-hydrogen) atoms. The number of benzene rings is 2. The predicted octanol–water partition coefficient (Wildman–Crippen LogP) is 2.77. The first-order valence-electron chi connectivity index (χ1n) is 12.4. The Bertz CT molecular complexity index is 1240. The monoisotopic (exact) mass is 404 g/mol. The molecule has 1 atom stereocenters. The minimum absolute atomic E-state index is 0.00918. The van der Waals surface area contributed by atoms with Gasteiger partial charge in [-0.25, -0.2) is 4.98 Å². The number of nitrogens with two attached hydrogens (primary N) is 1. The van der Waals surface area contributed by atoms with Gasteiger partial charge in [-0.05, 0) is 36.1 Å². The van der Waals surface area contributed by atoms with Gasteiger partial charge >= 0.3 is 0 Å². The molecule has 0 radical (unpaired) electrons. The molecule has 146 valence electrons. The highest BCUT2D eigenvalue weighted by atomic mass is 32.1. The number of nitrogens with one attached hydrogen (secondary N) is 2. The van der Waals surface area contributed by atoms with Crippen LogP contribution < -0.4 is 16.4 Å². The summed E-state index contributed by atoms with van der Waals surface area (Å²) in [5, 5.41) is 15.4. The van der Waals surface area contributed by atoms with E-state index >= 15 is 0 Å². The van der Waals surface area contributed by atoms with Crippen molar-refractivity contribution in [1.82, 2.24) is 10.3 Å². The molecule has 2 aromatic carbocycles. The van der Waals surface area contributed by atoms with E-state index in [1.807, 2.05) is 0 Å². The van der Waals surface area contributed by atoms with E-state index in [2.05, 4.69) is 15.6 Å². The number of hydrogen-bond acceptors (Lipinski definition) is 6. The van der Waals surface area contributed by atoms with E-state index in [0.717, 1.165) is 11.3 Å². The largest absolute Gasteiger partial charge is 0.387 e. The van der Waals surface area contributed by atoms with Gasteiger partial charge in [0, 0.05) is 20.3 Å². The molecule has 3 aromatic rings. The Morgan fingerprint density at radius 2 is 2.07 bits per heavy atom. The van der Waals surface area contributed by atoms with Crippen LogP contribution in [0.25, 0.3) is 0 Å². The number of hydrogen-bond donors (Lipinski definition) is 4. The average molecular weight is 405 g/mol. The van der Waals surface area contributed by atoms with Crippen LogP contribution in [0.1, 0.15) is 33.9 Å². The zero-order chi connectivity index (χ0) is 26.8. The molecule has 0 spiro atoms. The van der Waals surface area contributed by atoms with Crippen molar-refractivity contribution >= 4 is 28.1 Å². The zero-order valence-electron chi connectivity index (χ0n) is 22.8. The van der Waals surface area contributed by atoms with E-state index in [1.54, 1.807) is 30.3 Å². The molecule has 0 aliphatic rings. The van der Waals surface area contributed by atoms with Gasteiger partial charge in [-0.15, -0.1) is 11.3 Å². The van der Waals surface area contributed by atoms with Crippen molar-refractivity contribution in [3.63, 3.8) is 0 Å². The van der Waals surface area contributed by atoms with Crippen molar-refractivity contribution < 1.29 is 20.9 Å². The number of anilines is 2. The molecule has 0 aliphatic heterocycles. The normalized spacial score (nSPS) is 17.6. The summed E-state index contributed by atoms with van der Waals surface area (Å²) in [6.45, 7) is -0.868. The fourth-order valence-electron chi connectivity index (χ4n) is 2.23. The molecule has 0 saturated carbocycles. The van der Waals surface area contributed by atoms with Crippen molar-refractivity contribution in [3.8, 4) is 0 Å². The Morgan fingerprint density at radius 1 is 1.32 bits per heavy atom. The highest BCUT2D eigenvalue weighted by molar-refractivity contribution is 7.13. The second kappa shape index (κ2) is 9.98. The molecule has 1 aromatic heterocycles. The van der Waals surface area contributed by atoms with Crippen LogP contribution in [0, 0.1) is 0 Å². The van der Waals surface area contributed by atoms with Gasteiger partial charge in [0.05, 0.1) is 26.4 Å². The lowest BCUT2D eigenvalue weighted by atomic mass is 10.1. The van der Waals surface area contributed by atoms with Crippen LogP contribution in [0.4, 0.5) is 10.8 Å². The van der Waals surface area contributed by atoms with Crippen LogP contribution >= 0.6 is 11.3 Å². The fourth-order valence-corrected chi connectivity index (χ4v) is 2.72. The van der Waals surface area contributed by atoms with Gasteiger partial charge in [-0.1, -0.05) is 42.4 Å². The molecule has 7 heteroatoms. The van der Waals surface area contributed by atoms with Crippen LogP contribution in [0.3, 0.4) is 0 Å². The third-order valence-corrected chi connectivity index (χ3v) is 4.16. The van der Waals surface area contributed by atoms with E-state index in [9.17, 15) is 9.90 Å². The number of nitrogens with zero attached hydrogens (tertiary/aromatic N) is 1. The minimum atomic E-state index is -2.41.